The Hall–Kier alpha value is -2.09. The number of carbonyl (C=O) groups excluding carboxylic acids is 3. The van der Waals surface area contributed by atoms with Crippen LogP contribution in [0.5, 0.6) is 5.75 Å². The van der Waals surface area contributed by atoms with Crippen LogP contribution in [0.1, 0.15) is 43.5 Å². The Balaban J connectivity index is 2.20. The summed E-state index contributed by atoms with van der Waals surface area (Å²) in [6, 6.07) is 4.26. The highest BCUT2D eigenvalue weighted by Gasteiger charge is 2.36. The van der Waals surface area contributed by atoms with E-state index in [4.69, 9.17) is 9.47 Å². The zero-order chi connectivity index (χ0) is 19.8. The number of benzene rings is 1. The Morgan fingerprint density at radius 3 is 2.81 bits per heavy atom. The van der Waals surface area contributed by atoms with Gasteiger partial charge in [0.1, 0.15) is 11.8 Å². The first-order chi connectivity index (χ1) is 13.0. The van der Waals surface area contributed by atoms with Crippen LogP contribution in [-0.4, -0.2) is 55.0 Å². The molecule has 0 bridgehead atoms. The summed E-state index contributed by atoms with van der Waals surface area (Å²) in [6.07, 6.45) is 1.51. The molecule has 27 heavy (non-hydrogen) atoms. The van der Waals surface area contributed by atoms with E-state index < -0.39 is 12.0 Å². The molecule has 1 aliphatic heterocycles. The van der Waals surface area contributed by atoms with Crippen LogP contribution < -0.4 is 10.1 Å². The molecule has 1 atom stereocenters. The number of ether oxygens (including phenoxy) is 2. The third-order valence-corrected chi connectivity index (χ3v) is 4.68. The van der Waals surface area contributed by atoms with Gasteiger partial charge in [-0.1, -0.05) is 29.3 Å². The lowest BCUT2D eigenvalue weighted by atomic mass is 10.1. The number of halogens is 1. The third kappa shape index (κ3) is 5.69. The molecule has 148 valence electrons. The van der Waals surface area contributed by atoms with E-state index in [2.05, 4.69) is 21.2 Å². The van der Waals surface area contributed by atoms with Crippen molar-refractivity contribution in [3.63, 3.8) is 0 Å². The van der Waals surface area contributed by atoms with Gasteiger partial charge < -0.3 is 19.7 Å². The van der Waals surface area contributed by atoms with Gasteiger partial charge in [0.2, 0.25) is 5.91 Å². The van der Waals surface area contributed by atoms with Crippen molar-refractivity contribution in [2.75, 3.05) is 26.3 Å². The van der Waals surface area contributed by atoms with Crippen LogP contribution >= 0.6 is 15.9 Å². The fraction of sp³-hybridized carbons (Fsp3) is 0.526. The first-order valence-electron chi connectivity index (χ1n) is 9.14. The molecule has 1 heterocycles. The van der Waals surface area contributed by atoms with Gasteiger partial charge in [-0.05, 0) is 31.5 Å². The molecule has 1 saturated heterocycles. The minimum absolute atomic E-state index is 0.167. The second kappa shape index (κ2) is 10.3. The van der Waals surface area contributed by atoms with Crippen LogP contribution in [-0.2, 0) is 14.3 Å². The zero-order valence-electron chi connectivity index (χ0n) is 15.6. The number of hydrogen-bond acceptors (Lipinski definition) is 5. The van der Waals surface area contributed by atoms with E-state index in [1.165, 1.54) is 4.90 Å². The summed E-state index contributed by atoms with van der Waals surface area (Å²) < 4.78 is 11.4. The number of piperazine rings is 1. The maximum absolute atomic E-state index is 13.1. The molecule has 0 spiro atoms. The topological polar surface area (TPSA) is 84.9 Å². The summed E-state index contributed by atoms with van der Waals surface area (Å²) >= 11 is 3.36. The van der Waals surface area contributed by atoms with Crippen LogP contribution in [0.4, 0.5) is 0 Å². The van der Waals surface area contributed by atoms with Gasteiger partial charge in [-0.2, -0.15) is 0 Å². The van der Waals surface area contributed by atoms with Crippen molar-refractivity contribution in [3.05, 3.63) is 28.2 Å². The van der Waals surface area contributed by atoms with E-state index in [-0.39, 0.29) is 18.2 Å². The number of nitrogens with zero attached hydrogens (tertiary/aromatic N) is 1. The van der Waals surface area contributed by atoms with E-state index >= 15 is 0 Å². The van der Waals surface area contributed by atoms with Crippen LogP contribution in [0, 0.1) is 0 Å². The van der Waals surface area contributed by atoms with Crippen LogP contribution in [0.25, 0.3) is 0 Å². The van der Waals surface area contributed by atoms with E-state index in [9.17, 15) is 14.4 Å². The van der Waals surface area contributed by atoms with Crippen LogP contribution in [0.15, 0.2) is 22.7 Å². The van der Waals surface area contributed by atoms with E-state index in [0.29, 0.717) is 37.6 Å². The fourth-order valence-corrected chi connectivity index (χ4v) is 3.17. The van der Waals surface area contributed by atoms with Crippen molar-refractivity contribution >= 4 is 33.7 Å². The highest BCUT2D eigenvalue weighted by molar-refractivity contribution is 9.10. The van der Waals surface area contributed by atoms with Crippen molar-refractivity contribution in [3.8, 4) is 5.75 Å². The van der Waals surface area contributed by atoms with Crippen molar-refractivity contribution in [2.45, 2.75) is 39.2 Å². The molecule has 1 unspecified atom stereocenters. The number of nitrogens with one attached hydrogen (secondary N) is 1. The molecule has 0 radical (unpaired) electrons. The minimum Gasteiger partial charge on any atom is -0.493 e. The van der Waals surface area contributed by atoms with Gasteiger partial charge in [0.15, 0.2) is 0 Å². The monoisotopic (exact) mass is 440 g/mol. The lowest BCUT2D eigenvalue weighted by Crippen LogP contribution is -2.57. The Kier molecular flexibility index (Phi) is 8.09. The summed E-state index contributed by atoms with van der Waals surface area (Å²) in [5, 5.41) is 2.71. The molecule has 0 saturated carbocycles. The Morgan fingerprint density at radius 1 is 1.33 bits per heavy atom. The molecule has 0 aromatic heterocycles. The Labute approximate surface area is 167 Å². The average molecular weight is 441 g/mol. The van der Waals surface area contributed by atoms with Crippen molar-refractivity contribution < 1.29 is 23.9 Å². The van der Waals surface area contributed by atoms with Gasteiger partial charge in [-0.15, -0.1) is 0 Å². The highest BCUT2D eigenvalue weighted by atomic mass is 79.9. The molecule has 0 aliphatic carbocycles. The van der Waals surface area contributed by atoms with Crippen molar-refractivity contribution in [1.29, 1.82) is 0 Å². The van der Waals surface area contributed by atoms with Gasteiger partial charge in [0, 0.05) is 17.6 Å². The van der Waals surface area contributed by atoms with Gasteiger partial charge in [-0.25, -0.2) is 0 Å². The standard InChI is InChI=1S/C19H25BrN2O5/c1-3-5-10-27-17(23)12-15-18(24)21-8-9-22(15)19(25)14-11-13(20)6-7-16(14)26-4-2/h6-7,11,15H,3-5,8-10,12H2,1-2H3,(H,21,24). The summed E-state index contributed by atoms with van der Waals surface area (Å²) in [5.74, 6) is -0.737. The third-order valence-electron chi connectivity index (χ3n) is 4.18. The van der Waals surface area contributed by atoms with Gasteiger partial charge in [0.25, 0.3) is 5.91 Å². The highest BCUT2D eigenvalue weighted by Crippen LogP contribution is 2.26. The molecule has 1 fully saturated rings. The maximum Gasteiger partial charge on any atom is 0.308 e. The normalized spacial score (nSPS) is 16.6. The molecule has 2 rings (SSSR count). The summed E-state index contributed by atoms with van der Waals surface area (Å²) in [5.41, 5.74) is 0.352. The molecule has 2 amide bonds. The van der Waals surface area contributed by atoms with Crippen LogP contribution in [0.2, 0.25) is 0 Å². The number of rotatable bonds is 8. The van der Waals surface area contributed by atoms with E-state index in [1.807, 2.05) is 13.8 Å². The number of carbonyl (C=O) groups is 3. The number of unbranched alkanes of at least 4 members (excludes halogenated alkanes) is 1. The maximum atomic E-state index is 13.1. The quantitative estimate of drug-likeness (QED) is 0.495. The zero-order valence-corrected chi connectivity index (χ0v) is 17.2. The smallest absolute Gasteiger partial charge is 0.308 e. The largest absolute Gasteiger partial charge is 0.493 e. The molecule has 1 aromatic rings. The summed E-state index contributed by atoms with van der Waals surface area (Å²) in [7, 11) is 0. The van der Waals surface area contributed by atoms with Crippen molar-refractivity contribution in [1.82, 2.24) is 10.2 Å². The SMILES string of the molecule is CCCCOC(=O)CC1C(=O)NCCN1C(=O)c1cc(Br)ccc1OCC. The van der Waals surface area contributed by atoms with E-state index in [1.54, 1.807) is 18.2 Å². The average Bonchev–Trinajstić information content (AvgIpc) is 2.64. The van der Waals surface area contributed by atoms with Gasteiger partial charge in [0.05, 0.1) is 25.2 Å². The van der Waals surface area contributed by atoms with Gasteiger partial charge in [-0.3, -0.25) is 14.4 Å². The fourth-order valence-electron chi connectivity index (χ4n) is 2.81. The molecule has 1 aromatic carbocycles. The Bertz CT molecular complexity index is 695. The predicted octanol–water partition coefficient (Wildman–Crippen LogP) is 2.52. The second-order valence-electron chi connectivity index (χ2n) is 6.16. The lowest BCUT2D eigenvalue weighted by molar-refractivity contribution is -0.147. The van der Waals surface area contributed by atoms with Crippen molar-refractivity contribution in [2.24, 2.45) is 0 Å². The summed E-state index contributed by atoms with van der Waals surface area (Å²) in [6.45, 7) is 5.21. The number of amides is 2. The predicted molar refractivity (Wildman–Crippen MR) is 104 cm³/mol. The van der Waals surface area contributed by atoms with Crippen LogP contribution in [0.3, 0.4) is 0 Å². The first-order valence-corrected chi connectivity index (χ1v) is 9.93. The Morgan fingerprint density at radius 2 is 2.11 bits per heavy atom. The first kappa shape index (κ1) is 21.2. The molecule has 7 nitrogen and oxygen atoms in total. The lowest BCUT2D eigenvalue weighted by Gasteiger charge is -2.35. The van der Waals surface area contributed by atoms with E-state index in [0.717, 1.165) is 17.3 Å². The van der Waals surface area contributed by atoms with Gasteiger partial charge >= 0.3 is 5.97 Å². The molecule has 8 heteroatoms. The second-order valence-corrected chi connectivity index (χ2v) is 7.07. The molecular formula is C19H25BrN2O5. The molecule has 1 aliphatic rings. The summed E-state index contributed by atoms with van der Waals surface area (Å²) in [4.78, 5) is 39.0. The molecule has 1 N–H and O–H groups in total. The number of hydrogen-bond donors (Lipinski definition) is 1. The number of esters is 1. The molecular weight excluding hydrogens is 416 g/mol. The minimum atomic E-state index is -0.895.